The van der Waals surface area contributed by atoms with Gasteiger partial charge in [-0.05, 0) is 42.5 Å². The van der Waals surface area contributed by atoms with Crippen LogP contribution in [0.2, 0.25) is 0 Å². The van der Waals surface area contributed by atoms with E-state index in [-0.39, 0.29) is 16.7 Å². The Bertz CT molecular complexity index is 1090. The molecule has 3 aromatic rings. The van der Waals surface area contributed by atoms with Crippen LogP contribution in [0.5, 0.6) is 11.5 Å². The van der Waals surface area contributed by atoms with Gasteiger partial charge in [0.2, 0.25) is 0 Å². The number of fused-ring (bicyclic) bond motifs is 1. The Morgan fingerprint density at radius 3 is 2.18 bits per heavy atom. The van der Waals surface area contributed by atoms with Gasteiger partial charge in [-0.15, -0.1) is 0 Å². The summed E-state index contributed by atoms with van der Waals surface area (Å²) in [6, 6.07) is 10.4. The number of hydrogen-bond acceptors (Lipinski definition) is 6. The van der Waals surface area contributed by atoms with Gasteiger partial charge in [-0.2, -0.15) is 13.2 Å². The summed E-state index contributed by atoms with van der Waals surface area (Å²) in [4.78, 5) is 24.1. The van der Waals surface area contributed by atoms with Crippen LogP contribution in [-0.4, -0.2) is 26.2 Å². The van der Waals surface area contributed by atoms with Crippen LogP contribution in [0.1, 0.15) is 10.4 Å². The van der Waals surface area contributed by atoms with Gasteiger partial charge in [0.05, 0.1) is 19.9 Å². The molecule has 6 nitrogen and oxygen atoms in total. The second-order valence-corrected chi connectivity index (χ2v) is 5.68. The summed E-state index contributed by atoms with van der Waals surface area (Å²) in [5.74, 6) is -1.47. The van der Waals surface area contributed by atoms with Gasteiger partial charge in [0.25, 0.3) is 5.78 Å². The predicted molar refractivity (Wildman–Crippen MR) is 95.7 cm³/mol. The molecule has 1 aromatic heterocycles. The molecule has 0 fully saturated rings. The number of methoxy groups -OCH3 is 2. The van der Waals surface area contributed by atoms with Crippen LogP contribution >= 0.6 is 0 Å². The number of carbonyl (C=O) groups is 1. The number of alkyl halides is 3. The summed E-state index contributed by atoms with van der Waals surface area (Å²) in [5, 5.41) is 2.81. The molecule has 0 atom stereocenters. The van der Waals surface area contributed by atoms with Crippen LogP contribution in [0, 0.1) is 0 Å². The predicted octanol–water partition coefficient (Wildman–Crippen LogP) is 4.30. The van der Waals surface area contributed by atoms with E-state index in [0.29, 0.717) is 17.2 Å². The molecular weight excluding hydrogens is 379 g/mol. The molecule has 0 aliphatic rings. The van der Waals surface area contributed by atoms with E-state index in [0.717, 1.165) is 0 Å². The fourth-order valence-corrected chi connectivity index (χ4v) is 2.60. The summed E-state index contributed by atoms with van der Waals surface area (Å²) < 4.78 is 54.3. The van der Waals surface area contributed by atoms with Gasteiger partial charge in [-0.3, -0.25) is 4.79 Å². The average Bonchev–Trinajstić information content (AvgIpc) is 2.67. The number of benzene rings is 2. The molecule has 0 radical (unpaired) electrons. The largest absolute Gasteiger partial charge is 0.497 e. The van der Waals surface area contributed by atoms with Crippen molar-refractivity contribution in [3.63, 3.8) is 0 Å². The van der Waals surface area contributed by atoms with E-state index in [1.807, 2.05) is 0 Å². The normalized spacial score (nSPS) is 11.3. The van der Waals surface area contributed by atoms with Crippen LogP contribution in [0.15, 0.2) is 51.7 Å². The van der Waals surface area contributed by atoms with Crippen molar-refractivity contribution >= 4 is 28.1 Å². The van der Waals surface area contributed by atoms with Crippen LogP contribution < -0.4 is 20.4 Å². The van der Waals surface area contributed by atoms with Crippen molar-refractivity contribution in [2.45, 2.75) is 6.18 Å². The molecule has 0 bridgehead atoms. The van der Waals surface area contributed by atoms with Crippen molar-refractivity contribution < 1.29 is 31.9 Å². The molecule has 1 N–H and O–H groups in total. The lowest BCUT2D eigenvalue weighted by atomic mass is 10.1. The second kappa shape index (κ2) is 7.26. The SMILES string of the molecule is COc1ccc(Nc2c(C(=O)C(F)(F)F)c(=O)oc3ccc(OC)cc23)cc1. The highest BCUT2D eigenvalue weighted by Crippen LogP contribution is 2.34. The molecule has 1 heterocycles. The van der Waals surface area contributed by atoms with Crippen LogP contribution in [0.25, 0.3) is 11.0 Å². The van der Waals surface area contributed by atoms with Gasteiger partial charge in [-0.25, -0.2) is 4.79 Å². The van der Waals surface area contributed by atoms with Crippen molar-refractivity contribution in [2.24, 2.45) is 0 Å². The Morgan fingerprint density at radius 2 is 1.61 bits per heavy atom. The molecular formula is C19H14F3NO5. The zero-order valence-corrected chi connectivity index (χ0v) is 14.7. The first-order valence-electron chi connectivity index (χ1n) is 7.92. The maximum absolute atomic E-state index is 13.1. The summed E-state index contributed by atoms with van der Waals surface area (Å²) in [6.45, 7) is 0. The Morgan fingerprint density at radius 1 is 1.00 bits per heavy atom. The molecule has 9 heteroatoms. The summed E-state index contributed by atoms with van der Waals surface area (Å²) >= 11 is 0. The lowest BCUT2D eigenvalue weighted by Crippen LogP contribution is -2.29. The molecule has 28 heavy (non-hydrogen) atoms. The van der Waals surface area contributed by atoms with Crippen molar-refractivity contribution in [1.82, 2.24) is 0 Å². The molecule has 3 rings (SSSR count). The van der Waals surface area contributed by atoms with Crippen molar-refractivity contribution in [1.29, 1.82) is 0 Å². The number of rotatable bonds is 5. The van der Waals surface area contributed by atoms with Gasteiger partial charge in [0, 0.05) is 11.1 Å². The maximum atomic E-state index is 13.1. The fourth-order valence-electron chi connectivity index (χ4n) is 2.60. The smallest absolute Gasteiger partial charge is 0.455 e. The molecule has 0 aliphatic carbocycles. The number of nitrogens with one attached hydrogen (secondary N) is 1. The third-order valence-electron chi connectivity index (χ3n) is 3.96. The van der Waals surface area contributed by atoms with Crippen LogP contribution in [0.4, 0.5) is 24.5 Å². The van der Waals surface area contributed by atoms with Gasteiger partial charge >= 0.3 is 11.8 Å². The number of Topliss-reactive ketones (excluding diaryl/α,β-unsaturated/α-hetero) is 1. The second-order valence-electron chi connectivity index (χ2n) is 5.68. The average molecular weight is 393 g/mol. The Labute approximate surface area is 156 Å². The van der Waals surface area contributed by atoms with Gasteiger partial charge in [0.15, 0.2) is 0 Å². The summed E-state index contributed by atoms with van der Waals surface area (Å²) in [5.41, 5.74) is -2.51. The van der Waals surface area contributed by atoms with Crippen molar-refractivity contribution in [3.8, 4) is 11.5 Å². The first-order chi connectivity index (χ1) is 13.2. The molecule has 146 valence electrons. The molecule has 0 spiro atoms. The van der Waals surface area contributed by atoms with E-state index in [1.54, 1.807) is 12.1 Å². The minimum atomic E-state index is -5.25. The topological polar surface area (TPSA) is 77.8 Å². The van der Waals surface area contributed by atoms with E-state index in [2.05, 4.69) is 5.32 Å². The van der Waals surface area contributed by atoms with E-state index in [4.69, 9.17) is 13.9 Å². The van der Waals surface area contributed by atoms with Crippen molar-refractivity contribution in [2.75, 3.05) is 19.5 Å². The van der Waals surface area contributed by atoms with Gasteiger partial charge < -0.3 is 19.2 Å². The van der Waals surface area contributed by atoms with Crippen LogP contribution in [-0.2, 0) is 0 Å². The van der Waals surface area contributed by atoms with E-state index in [1.165, 1.54) is 44.6 Å². The molecule has 0 aliphatic heterocycles. The maximum Gasteiger partial charge on any atom is 0.455 e. The Balaban J connectivity index is 2.27. The number of ketones is 1. The zero-order chi connectivity index (χ0) is 20.5. The molecule has 0 saturated heterocycles. The fraction of sp³-hybridized carbons (Fsp3) is 0.158. The lowest BCUT2D eigenvalue weighted by molar-refractivity contribution is -0.0886. The monoisotopic (exact) mass is 393 g/mol. The standard InChI is InChI=1S/C19H14F3NO5/c1-26-11-5-3-10(4-6-11)23-16-13-9-12(27-2)7-8-14(13)28-18(25)15(16)17(24)19(20,21)22/h3-9,23H,1-2H3. The summed E-state index contributed by atoms with van der Waals surface area (Å²) in [6.07, 6.45) is -5.25. The lowest BCUT2D eigenvalue weighted by Gasteiger charge is -2.15. The Kier molecular flexibility index (Phi) is 5.00. The highest BCUT2D eigenvalue weighted by molar-refractivity contribution is 6.10. The first-order valence-corrected chi connectivity index (χ1v) is 7.92. The van der Waals surface area contributed by atoms with E-state index < -0.39 is 23.1 Å². The molecule has 0 unspecified atom stereocenters. The minimum Gasteiger partial charge on any atom is -0.497 e. The number of ether oxygens (including phenoxy) is 2. The van der Waals surface area contributed by atoms with Gasteiger partial charge in [-0.1, -0.05) is 0 Å². The number of carbonyl (C=O) groups excluding carboxylic acids is 1. The quantitative estimate of drug-likeness (QED) is 0.515. The number of halogens is 3. The molecule has 0 amide bonds. The van der Waals surface area contributed by atoms with Crippen LogP contribution in [0.3, 0.4) is 0 Å². The third kappa shape index (κ3) is 3.64. The Hall–Kier alpha value is -3.49. The summed E-state index contributed by atoms with van der Waals surface area (Å²) in [7, 11) is 2.84. The third-order valence-corrected chi connectivity index (χ3v) is 3.96. The first kappa shape index (κ1) is 19.3. The highest BCUT2D eigenvalue weighted by atomic mass is 19.4. The minimum absolute atomic E-state index is 0.000496. The molecule has 0 saturated carbocycles. The van der Waals surface area contributed by atoms with E-state index >= 15 is 0 Å². The van der Waals surface area contributed by atoms with E-state index in [9.17, 15) is 22.8 Å². The van der Waals surface area contributed by atoms with Crippen molar-refractivity contribution in [3.05, 3.63) is 58.4 Å². The zero-order valence-electron chi connectivity index (χ0n) is 14.7. The molecule has 2 aromatic carbocycles. The number of hydrogen-bond donors (Lipinski definition) is 1. The van der Waals surface area contributed by atoms with Gasteiger partial charge in [0.1, 0.15) is 22.6 Å². The highest BCUT2D eigenvalue weighted by Gasteiger charge is 2.43. The number of anilines is 2.